The van der Waals surface area contributed by atoms with Gasteiger partial charge in [0.1, 0.15) is 0 Å². The highest BCUT2D eigenvalue weighted by atomic mass is 32.2. The Labute approximate surface area is 148 Å². The van der Waals surface area contributed by atoms with Crippen LogP contribution in [-0.2, 0) is 15.0 Å². The van der Waals surface area contributed by atoms with Crippen LogP contribution in [0.15, 0.2) is 18.2 Å². The third kappa shape index (κ3) is 4.17. The summed E-state index contributed by atoms with van der Waals surface area (Å²) >= 11 is 0. The summed E-state index contributed by atoms with van der Waals surface area (Å²) < 4.78 is 27.0. The molecule has 1 aliphatic rings. The van der Waals surface area contributed by atoms with Crippen LogP contribution < -0.4 is 11.1 Å². The average Bonchev–Trinajstić information content (AvgIpc) is 2.56. The molecular formula is C16H24N4O4S. The van der Waals surface area contributed by atoms with Gasteiger partial charge in [0.05, 0.1) is 5.92 Å². The first kappa shape index (κ1) is 19.4. The predicted molar refractivity (Wildman–Crippen MR) is 95.2 cm³/mol. The average molecular weight is 368 g/mol. The molecule has 9 heteroatoms. The number of carbonyl (C=O) groups excluding carboxylic acids is 2. The Morgan fingerprint density at radius 2 is 2.00 bits per heavy atom. The van der Waals surface area contributed by atoms with E-state index in [-0.39, 0.29) is 12.5 Å². The summed E-state index contributed by atoms with van der Waals surface area (Å²) in [5.74, 6) is -1.27. The van der Waals surface area contributed by atoms with Crippen LogP contribution in [0.5, 0.6) is 0 Å². The topological polar surface area (TPSA) is 113 Å². The van der Waals surface area contributed by atoms with Gasteiger partial charge in [0.15, 0.2) is 0 Å². The first-order valence-corrected chi connectivity index (χ1v) is 9.42. The summed E-state index contributed by atoms with van der Waals surface area (Å²) in [5.41, 5.74) is 6.77. The largest absolute Gasteiger partial charge is 0.366 e. The standard InChI is InChI=1S/C16H24N4O4S/c1-11-13(15(17)21)7-4-8-14(11)18-16(22)12-6-5-9-20(10-12)25(23,24)19(2)3/h4,7-8,12H,5-6,9-10H2,1-3H3,(H2,17,21)(H,18,22)/t12-/m0/s1. The highest BCUT2D eigenvalue weighted by molar-refractivity contribution is 7.86. The Morgan fingerprint density at radius 1 is 1.32 bits per heavy atom. The summed E-state index contributed by atoms with van der Waals surface area (Å²) in [7, 11) is -0.600. The first-order chi connectivity index (χ1) is 11.6. The Bertz CT molecular complexity index is 776. The second-order valence-electron chi connectivity index (χ2n) is 6.32. The van der Waals surface area contributed by atoms with E-state index in [1.165, 1.54) is 18.4 Å². The van der Waals surface area contributed by atoms with Crippen molar-refractivity contribution < 1.29 is 18.0 Å². The van der Waals surface area contributed by atoms with Crippen LogP contribution in [0.2, 0.25) is 0 Å². The van der Waals surface area contributed by atoms with Crippen LogP contribution >= 0.6 is 0 Å². The van der Waals surface area contributed by atoms with E-state index in [4.69, 9.17) is 5.73 Å². The molecule has 25 heavy (non-hydrogen) atoms. The quantitative estimate of drug-likeness (QED) is 0.790. The Morgan fingerprint density at radius 3 is 2.60 bits per heavy atom. The van der Waals surface area contributed by atoms with Crippen molar-refractivity contribution in [1.29, 1.82) is 0 Å². The van der Waals surface area contributed by atoms with Gasteiger partial charge < -0.3 is 11.1 Å². The van der Waals surface area contributed by atoms with Gasteiger partial charge in [0.2, 0.25) is 11.8 Å². The molecule has 2 amide bonds. The minimum Gasteiger partial charge on any atom is -0.366 e. The summed E-state index contributed by atoms with van der Waals surface area (Å²) in [6.07, 6.45) is 1.23. The molecule has 1 fully saturated rings. The molecule has 1 aromatic carbocycles. The Hall–Kier alpha value is -1.97. The molecule has 8 nitrogen and oxygen atoms in total. The molecule has 0 aliphatic carbocycles. The number of amides is 2. The summed E-state index contributed by atoms with van der Waals surface area (Å²) in [6, 6.07) is 4.93. The second kappa shape index (κ2) is 7.51. The van der Waals surface area contributed by atoms with E-state index in [2.05, 4.69) is 5.32 Å². The van der Waals surface area contributed by atoms with Gasteiger partial charge in [-0.15, -0.1) is 0 Å². The maximum Gasteiger partial charge on any atom is 0.281 e. The van der Waals surface area contributed by atoms with Gasteiger partial charge in [0, 0.05) is 38.4 Å². The van der Waals surface area contributed by atoms with Gasteiger partial charge in [0.25, 0.3) is 10.2 Å². The fraction of sp³-hybridized carbons (Fsp3) is 0.500. The molecular weight excluding hydrogens is 344 g/mol. The van der Waals surface area contributed by atoms with Gasteiger partial charge in [-0.3, -0.25) is 9.59 Å². The molecule has 0 radical (unpaired) electrons. The van der Waals surface area contributed by atoms with Crippen LogP contribution in [-0.4, -0.2) is 56.0 Å². The lowest BCUT2D eigenvalue weighted by Gasteiger charge is -2.32. The van der Waals surface area contributed by atoms with Gasteiger partial charge in [-0.2, -0.15) is 17.0 Å². The number of rotatable bonds is 5. The number of nitrogens with two attached hydrogens (primary N) is 1. The number of carbonyl (C=O) groups is 2. The van der Waals surface area contributed by atoms with E-state index in [9.17, 15) is 18.0 Å². The Balaban J connectivity index is 2.14. The molecule has 1 aromatic rings. The van der Waals surface area contributed by atoms with Crippen molar-refractivity contribution in [1.82, 2.24) is 8.61 Å². The molecule has 0 saturated carbocycles. The molecule has 0 unspecified atom stereocenters. The lowest BCUT2D eigenvalue weighted by molar-refractivity contribution is -0.120. The van der Waals surface area contributed by atoms with Crippen molar-refractivity contribution in [3.05, 3.63) is 29.3 Å². The normalized spacial score (nSPS) is 19.0. The van der Waals surface area contributed by atoms with Crippen molar-refractivity contribution >= 4 is 27.7 Å². The van der Waals surface area contributed by atoms with Crippen molar-refractivity contribution in [2.75, 3.05) is 32.5 Å². The van der Waals surface area contributed by atoms with Gasteiger partial charge in [-0.25, -0.2) is 0 Å². The van der Waals surface area contributed by atoms with Crippen molar-refractivity contribution in [2.24, 2.45) is 11.7 Å². The zero-order valence-corrected chi connectivity index (χ0v) is 15.5. The van der Waals surface area contributed by atoms with E-state index < -0.39 is 22.0 Å². The van der Waals surface area contributed by atoms with Crippen molar-refractivity contribution in [2.45, 2.75) is 19.8 Å². The smallest absolute Gasteiger partial charge is 0.281 e. The molecule has 2 rings (SSSR count). The molecule has 0 aromatic heterocycles. The monoisotopic (exact) mass is 368 g/mol. The first-order valence-electron chi connectivity index (χ1n) is 8.02. The maximum absolute atomic E-state index is 12.6. The van der Waals surface area contributed by atoms with E-state index >= 15 is 0 Å². The number of primary amides is 1. The van der Waals surface area contributed by atoms with Crippen LogP contribution in [0.3, 0.4) is 0 Å². The van der Waals surface area contributed by atoms with Gasteiger partial charge >= 0.3 is 0 Å². The molecule has 3 N–H and O–H groups in total. The summed E-state index contributed by atoms with van der Waals surface area (Å²) in [4.78, 5) is 24.0. The number of hydrogen-bond donors (Lipinski definition) is 2. The van der Waals surface area contributed by atoms with E-state index in [1.807, 2.05) is 0 Å². The van der Waals surface area contributed by atoms with Crippen molar-refractivity contribution in [3.8, 4) is 0 Å². The highest BCUT2D eigenvalue weighted by Gasteiger charge is 2.33. The maximum atomic E-state index is 12.6. The van der Waals surface area contributed by atoms with Crippen molar-refractivity contribution in [3.63, 3.8) is 0 Å². The molecule has 1 heterocycles. The zero-order chi connectivity index (χ0) is 18.8. The fourth-order valence-corrected chi connectivity index (χ4v) is 4.06. The number of nitrogens with zero attached hydrogens (tertiary/aromatic N) is 2. The lowest BCUT2D eigenvalue weighted by atomic mass is 9.98. The molecule has 1 atom stereocenters. The van der Waals surface area contributed by atoms with Crippen LogP contribution in [0, 0.1) is 12.8 Å². The number of anilines is 1. The molecule has 0 spiro atoms. The number of hydrogen-bond acceptors (Lipinski definition) is 4. The minimum absolute atomic E-state index is 0.140. The SMILES string of the molecule is Cc1c(NC(=O)[C@H]2CCCN(S(=O)(=O)N(C)C)C2)cccc1C(N)=O. The van der Waals surface area contributed by atoms with Crippen LogP contribution in [0.25, 0.3) is 0 Å². The summed E-state index contributed by atoms with van der Waals surface area (Å²) in [6.45, 7) is 2.25. The van der Waals surface area contributed by atoms with E-state index in [0.717, 1.165) is 4.31 Å². The van der Waals surface area contributed by atoms with E-state index in [0.29, 0.717) is 36.2 Å². The lowest BCUT2D eigenvalue weighted by Crippen LogP contribution is -2.47. The predicted octanol–water partition coefficient (Wildman–Crippen LogP) is 0.551. The van der Waals surface area contributed by atoms with E-state index in [1.54, 1.807) is 25.1 Å². The third-order valence-electron chi connectivity index (χ3n) is 4.40. The number of benzene rings is 1. The summed E-state index contributed by atoms with van der Waals surface area (Å²) in [5, 5.41) is 2.79. The Kier molecular flexibility index (Phi) is 5.81. The number of piperidine rings is 1. The third-order valence-corrected chi connectivity index (χ3v) is 6.31. The highest BCUT2D eigenvalue weighted by Crippen LogP contribution is 2.24. The molecule has 1 aliphatic heterocycles. The van der Waals surface area contributed by atoms with Gasteiger partial charge in [-0.1, -0.05) is 6.07 Å². The van der Waals surface area contributed by atoms with Crippen LogP contribution in [0.4, 0.5) is 5.69 Å². The second-order valence-corrected chi connectivity index (χ2v) is 8.46. The molecule has 0 bridgehead atoms. The zero-order valence-electron chi connectivity index (χ0n) is 14.7. The minimum atomic E-state index is -3.54. The molecule has 1 saturated heterocycles. The van der Waals surface area contributed by atoms with Gasteiger partial charge in [-0.05, 0) is 37.5 Å². The number of nitrogens with one attached hydrogen (secondary N) is 1. The molecule has 138 valence electrons. The fourth-order valence-electron chi connectivity index (χ4n) is 2.87. The van der Waals surface area contributed by atoms with Crippen LogP contribution in [0.1, 0.15) is 28.8 Å².